The third kappa shape index (κ3) is 2.99. The molecule has 7 heteroatoms. The lowest BCUT2D eigenvalue weighted by molar-refractivity contribution is -0.661. The third-order valence-electron chi connectivity index (χ3n) is 4.05. The predicted octanol–water partition coefficient (Wildman–Crippen LogP) is 3.18. The minimum atomic E-state index is -0.998. The molecule has 3 rings (SSSR count). The second kappa shape index (κ2) is 6.20. The maximum absolute atomic E-state index is 11.2. The number of hydrogen-bond acceptors (Lipinski definition) is 3. The molecule has 0 aliphatic carbocycles. The van der Waals surface area contributed by atoms with Crippen LogP contribution in [-0.4, -0.2) is 21.1 Å². The van der Waals surface area contributed by atoms with E-state index >= 15 is 0 Å². The van der Waals surface area contributed by atoms with Gasteiger partial charge in [-0.1, -0.05) is 22.9 Å². The summed E-state index contributed by atoms with van der Waals surface area (Å²) in [5.41, 5.74) is 4.14. The van der Waals surface area contributed by atoms with Crippen LogP contribution < -0.4 is 4.68 Å². The van der Waals surface area contributed by atoms with E-state index in [1.54, 1.807) is 28.9 Å². The van der Waals surface area contributed by atoms with E-state index in [1.807, 2.05) is 19.9 Å². The van der Waals surface area contributed by atoms with Gasteiger partial charge in [0.25, 0.3) is 5.69 Å². The van der Waals surface area contributed by atoms with Crippen LogP contribution in [0.15, 0.2) is 48.5 Å². The SMILES string of the molecule is Cc1[nH][n+](-c2cccc(C(=O)O)c2)c(C)c1-c1cccc([N+](=O)[O-])c1. The number of aromatic amines is 1. The molecular weight excluding hydrogens is 322 g/mol. The van der Waals surface area contributed by atoms with Crippen molar-refractivity contribution in [2.75, 3.05) is 0 Å². The minimum absolute atomic E-state index is 0.0249. The molecule has 2 aromatic carbocycles. The van der Waals surface area contributed by atoms with Crippen LogP contribution in [0.1, 0.15) is 21.7 Å². The van der Waals surface area contributed by atoms with Crippen molar-refractivity contribution in [3.63, 3.8) is 0 Å². The second-order valence-corrected chi connectivity index (χ2v) is 5.70. The van der Waals surface area contributed by atoms with Crippen LogP contribution in [0.25, 0.3) is 16.8 Å². The molecule has 0 bridgehead atoms. The van der Waals surface area contributed by atoms with Crippen molar-refractivity contribution in [2.45, 2.75) is 13.8 Å². The van der Waals surface area contributed by atoms with Gasteiger partial charge in [0.1, 0.15) is 0 Å². The fourth-order valence-corrected chi connectivity index (χ4v) is 2.93. The van der Waals surface area contributed by atoms with Gasteiger partial charge >= 0.3 is 5.97 Å². The zero-order valence-corrected chi connectivity index (χ0v) is 13.7. The smallest absolute Gasteiger partial charge is 0.335 e. The van der Waals surface area contributed by atoms with Gasteiger partial charge in [-0.15, -0.1) is 0 Å². The lowest BCUT2D eigenvalue weighted by atomic mass is 10.0. The number of H-pyrrole nitrogens is 1. The second-order valence-electron chi connectivity index (χ2n) is 5.70. The average Bonchev–Trinajstić information content (AvgIpc) is 2.89. The van der Waals surface area contributed by atoms with Gasteiger partial charge in [0.15, 0.2) is 0 Å². The number of nitro groups is 1. The number of nitrogens with zero attached hydrogens (tertiary/aromatic N) is 2. The topological polar surface area (TPSA) is 100 Å². The number of nitro benzene ring substituents is 1. The summed E-state index contributed by atoms with van der Waals surface area (Å²) in [5, 5.41) is 23.4. The zero-order chi connectivity index (χ0) is 18.1. The molecule has 0 amide bonds. The van der Waals surface area contributed by atoms with Crippen LogP contribution in [0.5, 0.6) is 0 Å². The van der Waals surface area contributed by atoms with Crippen molar-refractivity contribution in [1.82, 2.24) is 5.10 Å². The summed E-state index contributed by atoms with van der Waals surface area (Å²) in [7, 11) is 0. The van der Waals surface area contributed by atoms with Crippen LogP contribution in [0.2, 0.25) is 0 Å². The Morgan fingerprint density at radius 2 is 1.88 bits per heavy atom. The quantitative estimate of drug-likeness (QED) is 0.433. The van der Waals surface area contributed by atoms with E-state index in [-0.39, 0.29) is 11.3 Å². The van der Waals surface area contributed by atoms with Gasteiger partial charge in [-0.25, -0.2) is 4.79 Å². The maximum Gasteiger partial charge on any atom is 0.335 e. The molecule has 3 aromatic rings. The van der Waals surface area contributed by atoms with Crippen LogP contribution in [0.3, 0.4) is 0 Å². The van der Waals surface area contributed by atoms with Crippen molar-refractivity contribution in [2.24, 2.45) is 0 Å². The van der Waals surface area contributed by atoms with Crippen molar-refractivity contribution >= 4 is 11.7 Å². The number of aromatic carboxylic acids is 1. The molecule has 0 atom stereocenters. The van der Waals surface area contributed by atoms with Crippen LogP contribution in [-0.2, 0) is 0 Å². The van der Waals surface area contributed by atoms with E-state index in [1.165, 1.54) is 18.2 Å². The Morgan fingerprint density at radius 1 is 1.16 bits per heavy atom. The van der Waals surface area contributed by atoms with Crippen LogP contribution in [0.4, 0.5) is 5.69 Å². The van der Waals surface area contributed by atoms with Crippen molar-refractivity contribution in [1.29, 1.82) is 0 Å². The summed E-state index contributed by atoms with van der Waals surface area (Å²) in [6.07, 6.45) is 0. The van der Waals surface area contributed by atoms with Gasteiger partial charge in [0.05, 0.1) is 21.7 Å². The molecular formula is C18H16N3O4+. The predicted molar refractivity (Wildman–Crippen MR) is 90.8 cm³/mol. The fourth-order valence-electron chi connectivity index (χ4n) is 2.93. The number of carbonyl (C=O) groups is 1. The Hall–Kier alpha value is -3.48. The molecule has 0 saturated carbocycles. The summed E-state index contributed by atoms with van der Waals surface area (Å²) >= 11 is 0. The summed E-state index contributed by atoms with van der Waals surface area (Å²) < 4.78 is 1.77. The minimum Gasteiger partial charge on any atom is -0.478 e. The number of hydrogen-bond donors (Lipinski definition) is 2. The Bertz CT molecular complexity index is 992. The van der Waals surface area contributed by atoms with Gasteiger partial charge in [-0.3, -0.25) is 10.1 Å². The van der Waals surface area contributed by atoms with E-state index in [0.717, 1.165) is 22.5 Å². The average molecular weight is 338 g/mol. The highest BCUT2D eigenvalue weighted by Gasteiger charge is 2.24. The highest BCUT2D eigenvalue weighted by Crippen LogP contribution is 2.28. The third-order valence-corrected chi connectivity index (χ3v) is 4.05. The van der Waals surface area contributed by atoms with Gasteiger partial charge in [-0.2, -0.15) is 5.10 Å². The standard InChI is InChI=1S/C18H15N3O4/c1-11-17(13-5-3-8-16(9-13)21(24)25)12(2)20(19-11)15-7-4-6-14(10-15)18(22)23/h3-10H,1-2H3,(H,22,23)/p+1. The van der Waals surface area contributed by atoms with Crippen LogP contribution in [0, 0.1) is 24.0 Å². The Kier molecular flexibility index (Phi) is 4.06. The molecule has 2 N–H and O–H groups in total. The molecule has 0 aliphatic rings. The van der Waals surface area contributed by atoms with E-state index in [0.29, 0.717) is 5.69 Å². The number of aromatic nitrogens is 2. The Balaban J connectivity index is 2.14. The van der Waals surface area contributed by atoms with Crippen LogP contribution >= 0.6 is 0 Å². The van der Waals surface area contributed by atoms with E-state index < -0.39 is 10.9 Å². The van der Waals surface area contributed by atoms with E-state index in [4.69, 9.17) is 5.11 Å². The number of aryl methyl sites for hydroxylation is 1. The lowest BCUT2D eigenvalue weighted by Gasteiger charge is -1.99. The summed E-state index contributed by atoms with van der Waals surface area (Å²) in [6.45, 7) is 3.75. The summed E-state index contributed by atoms with van der Waals surface area (Å²) in [5.74, 6) is -0.998. The summed E-state index contributed by atoms with van der Waals surface area (Å²) in [4.78, 5) is 21.8. The molecule has 7 nitrogen and oxygen atoms in total. The van der Waals surface area contributed by atoms with Gasteiger partial charge in [0, 0.05) is 31.2 Å². The molecule has 0 radical (unpaired) electrons. The largest absolute Gasteiger partial charge is 0.478 e. The molecule has 25 heavy (non-hydrogen) atoms. The maximum atomic E-state index is 11.2. The number of rotatable bonds is 4. The first-order chi connectivity index (χ1) is 11.9. The first-order valence-electron chi connectivity index (χ1n) is 7.58. The number of carboxylic acids is 1. The molecule has 0 spiro atoms. The molecule has 0 fully saturated rings. The van der Waals surface area contributed by atoms with Gasteiger partial charge in [-0.05, 0) is 18.6 Å². The zero-order valence-electron chi connectivity index (χ0n) is 13.7. The molecule has 1 heterocycles. The van der Waals surface area contributed by atoms with Crippen molar-refractivity contribution in [3.8, 4) is 16.8 Å². The molecule has 1 aromatic heterocycles. The first kappa shape index (κ1) is 16.4. The normalized spacial score (nSPS) is 10.6. The monoisotopic (exact) mass is 338 g/mol. The van der Waals surface area contributed by atoms with E-state index in [2.05, 4.69) is 5.10 Å². The summed E-state index contributed by atoms with van der Waals surface area (Å²) in [6, 6.07) is 13.0. The number of nitrogens with one attached hydrogen (secondary N) is 1. The number of carboxylic acid groups (broad SMARTS) is 1. The molecule has 0 unspecified atom stereocenters. The van der Waals surface area contributed by atoms with Crippen molar-refractivity contribution < 1.29 is 19.5 Å². The van der Waals surface area contributed by atoms with Crippen molar-refractivity contribution in [3.05, 3.63) is 75.6 Å². The molecule has 0 aliphatic heterocycles. The van der Waals surface area contributed by atoms with Gasteiger partial charge in [0.2, 0.25) is 11.4 Å². The highest BCUT2D eigenvalue weighted by molar-refractivity contribution is 5.88. The Morgan fingerprint density at radius 3 is 2.56 bits per heavy atom. The van der Waals surface area contributed by atoms with Gasteiger partial charge < -0.3 is 5.11 Å². The Labute approximate surface area is 143 Å². The molecule has 126 valence electrons. The highest BCUT2D eigenvalue weighted by atomic mass is 16.6. The first-order valence-corrected chi connectivity index (χ1v) is 7.58. The molecule has 0 saturated heterocycles. The van der Waals surface area contributed by atoms with E-state index in [9.17, 15) is 14.9 Å². The number of benzene rings is 2. The fraction of sp³-hybridized carbons (Fsp3) is 0.111. The lowest BCUT2D eigenvalue weighted by Crippen LogP contribution is -2.35. The number of non-ortho nitro benzene ring substituents is 1.